The molecule has 0 unspecified atom stereocenters. The van der Waals surface area contributed by atoms with Crippen LogP contribution in [0, 0.1) is 0 Å². The fraction of sp³-hybridized carbons (Fsp3) is 0.381. The van der Waals surface area contributed by atoms with Gasteiger partial charge < -0.3 is 15.8 Å². The summed E-state index contributed by atoms with van der Waals surface area (Å²) in [6.07, 6.45) is 5.44. The van der Waals surface area contributed by atoms with Gasteiger partial charge in [0, 0.05) is 11.4 Å². The van der Waals surface area contributed by atoms with Crippen LogP contribution < -0.4 is 20.8 Å². The molecule has 0 aliphatic heterocycles. The second-order valence-electron chi connectivity index (χ2n) is 7.08. The maximum Gasteiger partial charge on any atom is 0.361 e. The molecule has 4 N–H and O–H groups in total. The number of nitrogens with zero attached hydrogens (tertiary/aromatic N) is 1. The second-order valence-corrected chi connectivity index (χ2v) is 9.15. The van der Waals surface area contributed by atoms with Gasteiger partial charge in [-0.3, -0.25) is 4.79 Å². The van der Waals surface area contributed by atoms with E-state index < -0.39 is 0 Å². The zero-order chi connectivity index (χ0) is 20.2. The number of carbonyl (C=O) groups excluding carboxylic acids is 1. The van der Waals surface area contributed by atoms with E-state index in [0.29, 0.717) is 23.3 Å². The molecule has 4 rings (SSSR count). The van der Waals surface area contributed by atoms with Crippen molar-refractivity contribution in [1.29, 1.82) is 0 Å². The van der Waals surface area contributed by atoms with E-state index in [0.717, 1.165) is 40.8 Å². The molecule has 0 saturated carbocycles. The topological polar surface area (TPSA) is 91.4 Å². The van der Waals surface area contributed by atoms with Gasteiger partial charge in [-0.2, -0.15) is 0 Å². The molecule has 6 nitrogen and oxygen atoms in total. The first-order chi connectivity index (χ1) is 14.1. The van der Waals surface area contributed by atoms with Crippen molar-refractivity contribution in [2.75, 3.05) is 25.1 Å². The fourth-order valence-electron chi connectivity index (χ4n) is 3.61. The lowest BCUT2D eigenvalue weighted by Crippen LogP contribution is -2.27. The Morgan fingerprint density at radius 2 is 2.10 bits per heavy atom. The third-order valence-corrected chi connectivity index (χ3v) is 7.19. The van der Waals surface area contributed by atoms with Crippen LogP contribution in [0.2, 0.25) is 0 Å². The maximum absolute atomic E-state index is 12.2. The predicted molar refractivity (Wildman–Crippen MR) is 118 cm³/mol. The lowest BCUT2D eigenvalue weighted by molar-refractivity contribution is -0.399. The van der Waals surface area contributed by atoms with Crippen LogP contribution in [0.25, 0.3) is 10.2 Å². The molecule has 1 aliphatic carbocycles. The number of nitrogens with two attached hydrogens (primary N) is 1. The lowest BCUT2D eigenvalue weighted by atomic mass is 9.97. The van der Waals surface area contributed by atoms with Crippen LogP contribution in [0.5, 0.6) is 5.75 Å². The third kappa shape index (κ3) is 4.64. The smallest absolute Gasteiger partial charge is 0.361 e. The first-order valence-electron chi connectivity index (χ1n) is 9.79. The summed E-state index contributed by atoms with van der Waals surface area (Å²) in [6, 6.07) is 7.88. The minimum atomic E-state index is -0.0112. The first-order valence-corrected chi connectivity index (χ1v) is 11.6. The Morgan fingerprint density at radius 1 is 1.31 bits per heavy atom. The molecule has 0 atom stereocenters. The van der Waals surface area contributed by atoms with Gasteiger partial charge in [0.1, 0.15) is 11.1 Å². The van der Waals surface area contributed by atoms with Gasteiger partial charge in [-0.25, -0.2) is 4.98 Å². The highest BCUT2D eigenvalue weighted by molar-refractivity contribution is 7.99. The van der Waals surface area contributed by atoms with Crippen molar-refractivity contribution in [3.05, 3.63) is 40.3 Å². The summed E-state index contributed by atoms with van der Waals surface area (Å²) in [5.41, 5.74) is 8.78. The molecule has 8 heteroatoms. The van der Waals surface area contributed by atoms with Crippen LogP contribution >= 0.6 is 23.1 Å². The van der Waals surface area contributed by atoms with Gasteiger partial charge in [0.25, 0.3) is 5.82 Å². The van der Waals surface area contributed by atoms with Gasteiger partial charge >= 0.3 is 5.16 Å². The number of amides is 1. The number of aromatic amines is 1. The number of benzene rings is 1. The molecule has 0 bridgehead atoms. The van der Waals surface area contributed by atoms with Gasteiger partial charge in [-0.15, -0.1) is 0 Å². The Bertz CT molecular complexity index is 1020. The molecule has 3 aromatic rings. The predicted octanol–water partition coefficient (Wildman–Crippen LogP) is 3.03. The molecule has 0 saturated heterocycles. The summed E-state index contributed by atoms with van der Waals surface area (Å²) in [6.45, 7) is 0.599. The first kappa shape index (κ1) is 20.0. The Labute approximate surface area is 178 Å². The van der Waals surface area contributed by atoms with E-state index in [2.05, 4.69) is 15.3 Å². The van der Waals surface area contributed by atoms with Crippen LogP contribution in [0.3, 0.4) is 0 Å². The number of hydrogen-bond acceptors (Lipinski definition) is 6. The number of ether oxygens (including phenoxy) is 1. The summed E-state index contributed by atoms with van der Waals surface area (Å²) >= 11 is 3.16. The number of methoxy groups -OCH3 is 1. The number of thioether (sulfide) groups is 1. The SMILES string of the molecule is COc1ccc(CCNC(=O)CSc2nc(N)c3c4c(sc3[nH+]2)CCCC4)cc1. The van der Waals surface area contributed by atoms with Crippen molar-refractivity contribution >= 4 is 45.0 Å². The molecule has 0 spiro atoms. The summed E-state index contributed by atoms with van der Waals surface area (Å²) in [7, 11) is 1.65. The van der Waals surface area contributed by atoms with Crippen molar-refractivity contribution in [2.24, 2.45) is 0 Å². The van der Waals surface area contributed by atoms with Crippen LogP contribution in [0.15, 0.2) is 29.4 Å². The van der Waals surface area contributed by atoms with Crippen molar-refractivity contribution in [3.63, 3.8) is 0 Å². The number of carbonyl (C=O) groups is 1. The number of aromatic nitrogens is 2. The van der Waals surface area contributed by atoms with Crippen molar-refractivity contribution in [1.82, 2.24) is 10.3 Å². The van der Waals surface area contributed by atoms with Crippen LogP contribution in [0.4, 0.5) is 5.82 Å². The Kier molecular flexibility index (Phi) is 6.20. The highest BCUT2D eigenvalue weighted by atomic mass is 32.2. The molecule has 1 aromatic carbocycles. The monoisotopic (exact) mass is 429 g/mol. The molecule has 29 heavy (non-hydrogen) atoms. The van der Waals surface area contributed by atoms with Crippen LogP contribution in [-0.4, -0.2) is 30.3 Å². The normalized spacial score (nSPS) is 13.3. The lowest BCUT2D eigenvalue weighted by Gasteiger charge is -2.09. The van der Waals surface area contributed by atoms with E-state index in [9.17, 15) is 4.79 Å². The number of hydrogen-bond donors (Lipinski definition) is 2. The molecular formula is C21H25N4O2S2+. The van der Waals surface area contributed by atoms with Crippen molar-refractivity contribution in [2.45, 2.75) is 37.3 Å². The minimum Gasteiger partial charge on any atom is -0.497 e. The molecular weight excluding hydrogens is 404 g/mol. The molecule has 0 radical (unpaired) electrons. The zero-order valence-corrected chi connectivity index (χ0v) is 18.0. The molecule has 0 fully saturated rings. The zero-order valence-electron chi connectivity index (χ0n) is 16.4. The van der Waals surface area contributed by atoms with Crippen molar-refractivity contribution in [3.8, 4) is 5.75 Å². The number of H-pyrrole nitrogens is 1. The average Bonchev–Trinajstić information content (AvgIpc) is 3.11. The van der Waals surface area contributed by atoms with E-state index >= 15 is 0 Å². The highest BCUT2D eigenvalue weighted by Crippen LogP contribution is 2.37. The standard InChI is InChI=1S/C21H24N4O2S2/c1-27-14-8-6-13(7-9-14)10-11-23-17(26)12-28-21-24-19(22)18-15-4-2-3-5-16(15)29-20(18)25-21/h6-9H,2-5,10-12H2,1H3,(H,23,26)(H2,22,24,25)/p+1. The van der Waals surface area contributed by atoms with Crippen molar-refractivity contribution < 1.29 is 14.5 Å². The molecule has 2 heterocycles. The Morgan fingerprint density at radius 3 is 2.90 bits per heavy atom. The summed E-state index contributed by atoms with van der Waals surface area (Å²) in [5.74, 6) is 1.70. The van der Waals surface area contributed by atoms with Gasteiger partial charge in [-0.1, -0.05) is 23.5 Å². The quantitative estimate of drug-likeness (QED) is 0.445. The largest absolute Gasteiger partial charge is 0.497 e. The second kappa shape index (κ2) is 9.00. The number of fused-ring (bicyclic) bond motifs is 3. The number of rotatable bonds is 7. The Balaban J connectivity index is 1.31. The highest BCUT2D eigenvalue weighted by Gasteiger charge is 2.24. The van der Waals surface area contributed by atoms with E-state index in [4.69, 9.17) is 10.5 Å². The molecule has 2 aromatic heterocycles. The number of nitrogen functional groups attached to an aromatic ring is 1. The number of thiophene rings is 1. The van der Waals surface area contributed by atoms with Crippen LogP contribution in [-0.2, 0) is 24.1 Å². The van der Waals surface area contributed by atoms with Gasteiger partial charge in [0.05, 0.1) is 12.9 Å². The maximum atomic E-state index is 12.2. The van der Waals surface area contributed by atoms with E-state index in [1.54, 1.807) is 18.4 Å². The number of anilines is 1. The fourth-order valence-corrected chi connectivity index (χ4v) is 5.68. The van der Waals surface area contributed by atoms with Crippen LogP contribution in [0.1, 0.15) is 28.8 Å². The van der Waals surface area contributed by atoms with Gasteiger partial charge in [0.2, 0.25) is 5.91 Å². The van der Waals surface area contributed by atoms with E-state index in [1.165, 1.54) is 35.0 Å². The van der Waals surface area contributed by atoms with E-state index in [-0.39, 0.29) is 5.91 Å². The Hall–Kier alpha value is -2.32. The third-order valence-electron chi connectivity index (χ3n) is 5.10. The minimum absolute atomic E-state index is 0.0112. The van der Waals surface area contributed by atoms with Gasteiger partial charge in [-0.05, 0) is 72.1 Å². The molecule has 1 aliphatic rings. The van der Waals surface area contributed by atoms with E-state index in [1.807, 2.05) is 24.3 Å². The number of aryl methyl sites for hydroxylation is 2. The number of nitrogens with one attached hydrogen (secondary N) is 2. The summed E-state index contributed by atoms with van der Waals surface area (Å²) < 4.78 is 5.16. The summed E-state index contributed by atoms with van der Waals surface area (Å²) in [4.78, 5) is 22.6. The summed E-state index contributed by atoms with van der Waals surface area (Å²) in [5, 5.41) is 4.74. The molecule has 1 amide bonds. The average molecular weight is 430 g/mol. The van der Waals surface area contributed by atoms with Gasteiger partial charge in [0.15, 0.2) is 4.83 Å². The molecule has 152 valence electrons.